The summed E-state index contributed by atoms with van der Waals surface area (Å²) in [7, 11) is 0. The average Bonchev–Trinajstić information content (AvgIpc) is 2.07. The van der Waals surface area contributed by atoms with E-state index in [1.54, 1.807) is 24.3 Å². The van der Waals surface area contributed by atoms with Crippen LogP contribution >= 0.6 is 0 Å². The Kier molecular flexibility index (Phi) is 2.22. The van der Waals surface area contributed by atoms with E-state index in [9.17, 15) is 4.79 Å². The van der Waals surface area contributed by atoms with Gasteiger partial charge in [0, 0.05) is 5.56 Å². The summed E-state index contributed by atoms with van der Waals surface area (Å²) < 4.78 is 0. The summed E-state index contributed by atoms with van der Waals surface area (Å²) in [6.45, 7) is 0. The Morgan fingerprint density at radius 2 is 1.91 bits per heavy atom. The lowest BCUT2D eigenvalue weighted by Crippen LogP contribution is -1.69. The third-order valence-corrected chi connectivity index (χ3v) is 1.21. The molecule has 2 nitrogen and oxygen atoms in total. The summed E-state index contributed by atoms with van der Waals surface area (Å²) in [5, 5.41) is 0. The number of carbonyl (C=O) groups excluding carboxylic acids is 1. The minimum Gasteiger partial charge on any atom is -0.211 e. The first kappa shape index (κ1) is 7.27. The van der Waals surface area contributed by atoms with Gasteiger partial charge in [-0.1, -0.05) is 5.92 Å². The van der Waals surface area contributed by atoms with Gasteiger partial charge in [-0.05, 0) is 24.3 Å². The van der Waals surface area contributed by atoms with Gasteiger partial charge >= 0.3 is 0 Å². The Morgan fingerprint density at radius 3 is 2.36 bits per heavy atom. The Hall–Kier alpha value is -1.84. The highest BCUT2D eigenvalue weighted by Crippen LogP contribution is 2.10. The maximum absolute atomic E-state index is 9.80. The van der Waals surface area contributed by atoms with Crippen LogP contribution in [0.15, 0.2) is 29.3 Å². The fourth-order valence-electron chi connectivity index (χ4n) is 0.685. The number of benzene rings is 1. The molecular weight excluding hydrogens is 138 g/mol. The highest BCUT2D eigenvalue weighted by atomic mass is 16.1. The van der Waals surface area contributed by atoms with E-state index in [0.717, 1.165) is 5.56 Å². The van der Waals surface area contributed by atoms with Crippen molar-refractivity contribution in [3.63, 3.8) is 0 Å². The molecule has 0 aliphatic heterocycles. The van der Waals surface area contributed by atoms with Crippen molar-refractivity contribution < 1.29 is 4.79 Å². The molecule has 0 amide bonds. The monoisotopic (exact) mass is 143 g/mol. The number of aliphatic imine (C=N–C) groups is 1. The number of isocyanates is 1. The van der Waals surface area contributed by atoms with Crippen LogP contribution < -0.4 is 0 Å². The summed E-state index contributed by atoms with van der Waals surface area (Å²) >= 11 is 0. The molecule has 1 aromatic rings. The van der Waals surface area contributed by atoms with Crippen molar-refractivity contribution in [3.8, 4) is 12.3 Å². The van der Waals surface area contributed by atoms with Gasteiger partial charge in [0.2, 0.25) is 6.08 Å². The van der Waals surface area contributed by atoms with Crippen molar-refractivity contribution >= 4 is 11.8 Å². The zero-order valence-electron chi connectivity index (χ0n) is 5.74. The SMILES string of the molecule is C#Cc1ccc(N=C=O)cc1. The van der Waals surface area contributed by atoms with Crippen LogP contribution in [-0.4, -0.2) is 6.08 Å². The molecule has 52 valence electrons. The molecule has 0 aliphatic rings. The Labute approximate surface area is 64.6 Å². The van der Waals surface area contributed by atoms with Crippen molar-refractivity contribution in [2.75, 3.05) is 0 Å². The first-order chi connectivity index (χ1) is 5.36. The standard InChI is InChI=1S/C9H5NO/c1-2-8-3-5-9(6-4-8)10-7-11/h1,3-6H. The van der Waals surface area contributed by atoms with E-state index in [4.69, 9.17) is 6.42 Å². The predicted molar refractivity (Wildman–Crippen MR) is 42.2 cm³/mol. The van der Waals surface area contributed by atoms with E-state index < -0.39 is 0 Å². The third kappa shape index (κ3) is 1.79. The smallest absolute Gasteiger partial charge is 0.211 e. The van der Waals surface area contributed by atoms with E-state index in [2.05, 4.69) is 10.9 Å². The molecule has 0 saturated heterocycles. The molecule has 1 rings (SSSR count). The third-order valence-electron chi connectivity index (χ3n) is 1.21. The quantitative estimate of drug-likeness (QED) is 0.334. The highest BCUT2D eigenvalue weighted by Gasteiger charge is 1.87. The van der Waals surface area contributed by atoms with Crippen LogP contribution in [-0.2, 0) is 4.79 Å². The first-order valence-electron chi connectivity index (χ1n) is 3.01. The second kappa shape index (κ2) is 3.36. The highest BCUT2D eigenvalue weighted by molar-refractivity contribution is 5.50. The van der Waals surface area contributed by atoms with Crippen LogP contribution in [0, 0.1) is 12.3 Å². The minimum atomic E-state index is 0.569. The van der Waals surface area contributed by atoms with Gasteiger partial charge in [-0.3, -0.25) is 0 Å². The number of terminal acetylenes is 1. The van der Waals surface area contributed by atoms with Gasteiger partial charge in [-0.25, -0.2) is 4.79 Å². The molecule has 1 aromatic carbocycles. The van der Waals surface area contributed by atoms with Crippen LogP contribution in [0.4, 0.5) is 5.69 Å². The van der Waals surface area contributed by atoms with Crippen LogP contribution in [0.1, 0.15) is 5.56 Å². The van der Waals surface area contributed by atoms with Crippen molar-refractivity contribution in [1.29, 1.82) is 0 Å². The van der Waals surface area contributed by atoms with Gasteiger partial charge in [0.25, 0.3) is 0 Å². The molecule has 0 spiro atoms. The second-order valence-corrected chi connectivity index (χ2v) is 1.89. The number of hydrogen-bond acceptors (Lipinski definition) is 2. The van der Waals surface area contributed by atoms with Gasteiger partial charge in [0.1, 0.15) is 0 Å². The van der Waals surface area contributed by atoms with Crippen molar-refractivity contribution in [1.82, 2.24) is 0 Å². The van der Waals surface area contributed by atoms with E-state index in [-0.39, 0.29) is 0 Å². The van der Waals surface area contributed by atoms with E-state index >= 15 is 0 Å². The lowest BCUT2D eigenvalue weighted by molar-refractivity contribution is 0.565. The Bertz CT molecular complexity index is 326. The summed E-state index contributed by atoms with van der Waals surface area (Å²) in [6, 6.07) is 6.77. The zero-order chi connectivity index (χ0) is 8.10. The summed E-state index contributed by atoms with van der Waals surface area (Å²) in [4.78, 5) is 13.2. The average molecular weight is 143 g/mol. The molecule has 0 saturated carbocycles. The maximum Gasteiger partial charge on any atom is 0.240 e. The van der Waals surface area contributed by atoms with Crippen LogP contribution in [0.5, 0.6) is 0 Å². The Balaban J connectivity index is 3.02. The molecule has 0 aromatic heterocycles. The normalized spacial score (nSPS) is 7.91. The molecule has 0 atom stereocenters. The van der Waals surface area contributed by atoms with E-state index in [1.807, 2.05) is 0 Å². The van der Waals surface area contributed by atoms with E-state index in [1.165, 1.54) is 6.08 Å². The molecule has 0 N–H and O–H groups in total. The number of nitrogens with zero attached hydrogens (tertiary/aromatic N) is 1. The Morgan fingerprint density at radius 1 is 1.27 bits per heavy atom. The topological polar surface area (TPSA) is 29.4 Å². The van der Waals surface area contributed by atoms with Crippen molar-refractivity contribution in [2.45, 2.75) is 0 Å². The summed E-state index contributed by atoms with van der Waals surface area (Å²) in [6.07, 6.45) is 6.56. The second-order valence-electron chi connectivity index (χ2n) is 1.89. The van der Waals surface area contributed by atoms with Gasteiger partial charge < -0.3 is 0 Å². The van der Waals surface area contributed by atoms with Gasteiger partial charge in [0.05, 0.1) is 5.69 Å². The lowest BCUT2D eigenvalue weighted by Gasteiger charge is -1.89. The summed E-state index contributed by atoms with van der Waals surface area (Å²) in [5.41, 5.74) is 1.34. The fraction of sp³-hybridized carbons (Fsp3) is 0. The predicted octanol–water partition coefficient (Wildman–Crippen LogP) is 1.64. The minimum absolute atomic E-state index is 0.569. The molecule has 0 radical (unpaired) electrons. The fourth-order valence-corrected chi connectivity index (χ4v) is 0.685. The van der Waals surface area contributed by atoms with E-state index in [0.29, 0.717) is 5.69 Å². The molecule has 2 heteroatoms. The lowest BCUT2D eigenvalue weighted by atomic mass is 10.2. The van der Waals surface area contributed by atoms with Crippen molar-refractivity contribution in [3.05, 3.63) is 29.8 Å². The zero-order valence-corrected chi connectivity index (χ0v) is 5.74. The molecule has 0 fully saturated rings. The molecule has 0 bridgehead atoms. The maximum atomic E-state index is 9.80. The molecule has 11 heavy (non-hydrogen) atoms. The number of rotatable bonds is 1. The van der Waals surface area contributed by atoms with Crippen molar-refractivity contribution in [2.24, 2.45) is 4.99 Å². The van der Waals surface area contributed by atoms with Gasteiger partial charge in [0.15, 0.2) is 0 Å². The van der Waals surface area contributed by atoms with Crippen LogP contribution in [0.2, 0.25) is 0 Å². The molecular formula is C9H5NO. The number of hydrogen-bond donors (Lipinski definition) is 0. The molecule has 0 unspecified atom stereocenters. The molecule has 0 aliphatic carbocycles. The largest absolute Gasteiger partial charge is 0.240 e. The molecule has 0 heterocycles. The van der Waals surface area contributed by atoms with Crippen LogP contribution in [0.3, 0.4) is 0 Å². The first-order valence-corrected chi connectivity index (χ1v) is 3.01. The van der Waals surface area contributed by atoms with Crippen LogP contribution in [0.25, 0.3) is 0 Å². The summed E-state index contributed by atoms with van der Waals surface area (Å²) in [5.74, 6) is 2.46. The van der Waals surface area contributed by atoms with Gasteiger partial charge in [-0.2, -0.15) is 4.99 Å². The van der Waals surface area contributed by atoms with Gasteiger partial charge in [-0.15, -0.1) is 6.42 Å².